The average molecular weight is 242 g/mol. The largest absolute Gasteiger partial charge is 0.329 e. The van der Waals surface area contributed by atoms with Crippen LogP contribution in [0.25, 0.3) is 0 Å². The molecule has 2 rings (SSSR count). The lowest BCUT2D eigenvalue weighted by atomic mass is 10.1. The molecule has 4 heteroatoms. The van der Waals surface area contributed by atoms with Crippen molar-refractivity contribution >= 4 is 0 Å². The van der Waals surface area contributed by atoms with Gasteiger partial charge in [-0.2, -0.15) is 0 Å². The van der Waals surface area contributed by atoms with E-state index in [9.17, 15) is 0 Å². The summed E-state index contributed by atoms with van der Waals surface area (Å²) in [6.07, 6.45) is 7.31. The molecule has 0 radical (unpaired) electrons. The van der Waals surface area contributed by atoms with Crippen molar-refractivity contribution in [3.63, 3.8) is 0 Å². The third-order valence-electron chi connectivity index (χ3n) is 2.98. The molecule has 2 aromatic rings. The summed E-state index contributed by atoms with van der Waals surface area (Å²) in [5, 5.41) is 0. The van der Waals surface area contributed by atoms with Crippen LogP contribution in [-0.4, -0.2) is 28.5 Å². The molecule has 0 aliphatic heterocycles. The predicted molar refractivity (Wildman–Crippen MR) is 71.7 cm³/mol. The summed E-state index contributed by atoms with van der Waals surface area (Å²) < 4.78 is 0. The van der Waals surface area contributed by atoms with Gasteiger partial charge in [-0.15, -0.1) is 0 Å². The van der Waals surface area contributed by atoms with Gasteiger partial charge in [0.1, 0.15) is 0 Å². The zero-order valence-corrected chi connectivity index (χ0v) is 10.5. The maximum Gasteiger partial charge on any atom is 0.0486 e. The van der Waals surface area contributed by atoms with Gasteiger partial charge < -0.3 is 5.73 Å². The first-order valence-corrected chi connectivity index (χ1v) is 6.00. The second-order valence-electron chi connectivity index (χ2n) is 4.31. The fourth-order valence-electron chi connectivity index (χ4n) is 2.03. The minimum Gasteiger partial charge on any atom is -0.329 e. The lowest BCUT2D eigenvalue weighted by Gasteiger charge is -2.27. The second-order valence-corrected chi connectivity index (χ2v) is 4.31. The molecule has 0 saturated heterocycles. The van der Waals surface area contributed by atoms with Crippen LogP contribution in [0.2, 0.25) is 0 Å². The molecule has 0 aliphatic rings. The molecule has 0 amide bonds. The first-order valence-electron chi connectivity index (χ1n) is 6.00. The Balaban J connectivity index is 2.09. The van der Waals surface area contributed by atoms with Crippen LogP contribution in [0, 0.1) is 0 Å². The van der Waals surface area contributed by atoms with Gasteiger partial charge in [0.25, 0.3) is 0 Å². The minimum atomic E-state index is 0.180. The highest BCUT2D eigenvalue weighted by Crippen LogP contribution is 2.18. The van der Waals surface area contributed by atoms with Crippen LogP contribution in [0.5, 0.6) is 0 Å². The highest BCUT2D eigenvalue weighted by Gasteiger charge is 2.15. The minimum absolute atomic E-state index is 0.180. The topological polar surface area (TPSA) is 55.0 Å². The lowest BCUT2D eigenvalue weighted by molar-refractivity contribution is 0.241. The number of aromatic nitrogens is 2. The summed E-state index contributed by atoms with van der Waals surface area (Å²) in [6.45, 7) is 1.40. The van der Waals surface area contributed by atoms with Crippen molar-refractivity contribution in [3.05, 3.63) is 60.2 Å². The summed E-state index contributed by atoms with van der Waals surface area (Å²) in [7, 11) is 2.07. The van der Waals surface area contributed by atoms with Crippen LogP contribution in [0.15, 0.2) is 49.1 Å². The Morgan fingerprint density at radius 3 is 2.44 bits per heavy atom. The fourth-order valence-corrected chi connectivity index (χ4v) is 2.03. The van der Waals surface area contributed by atoms with E-state index < -0.39 is 0 Å². The quantitative estimate of drug-likeness (QED) is 0.865. The Kier molecular flexibility index (Phi) is 4.39. The van der Waals surface area contributed by atoms with E-state index in [0.29, 0.717) is 6.54 Å². The monoisotopic (exact) mass is 242 g/mol. The van der Waals surface area contributed by atoms with Crippen LogP contribution in [0.1, 0.15) is 17.2 Å². The van der Waals surface area contributed by atoms with Gasteiger partial charge in [0.15, 0.2) is 0 Å². The van der Waals surface area contributed by atoms with E-state index in [1.165, 1.54) is 5.56 Å². The smallest absolute Gasteiger partial charge is 0.0486 e. The van der Waals surface area contributed by atoms with Crippen LogP contribution in [-0.2, 0) is 6.54 Å². The van der Waals surface area contributed by atoms with Gasteiger partial charge >= 0.3 is 0 Å². The molecule has 1 atom stereocenters. The van der Waals surface area contributed by atoms with Crippen LogP contribution in [0.4, 0.5) is 0 Å². The third-order valence-corrected chi connectivity index (χ3v) is 2.98. The van der Waals surface area contributed by atoms with E-state index >= 15 is 0 Å². The zero-order chi connectivity index (χ0) is 12.8. The first-order chi connectivity index (χ1) is 8.81. The number of hydrogen-bond acceptors (Lipinski definition) is 4. The Labute approximate surface area is 107 Å². The predicted octanol–water partition coefficient (Wildman–Crippen LogP) is 1.61. The molecule has 2 N–H and O–H groups in total. The Hall–Kier alpha value is -1.78. The standard InChI is InChI=1S/C14H18N4/c1-18(11-12-4-2-6-16-9-12)14(8-15)13-5-3-7-17-10-13/h2-7,9-10,14H,8,11,15H2,1H3. The van der Waals surface area contributed by atoms with Crippen molar-refractivity contribution in [2.24, 2.45) is 5.73 Å². The summed E-state index contributed by atoms with van der Waals surface area (Å²) >= 11 is 0. The molecular weight excluding hydrogens is 224 g/mol. The van der Waals surface area contributed by atoms with Gasteiger partial charge in [-0.25, -0.2) is 0 Å². The van der Waals surface area contributed by atoms with Crippen molar-refractivity contribution in [2.45, 2.75) is 12.6 Å². The number of rotatable bonds is 5. The maximum absolute atomic E-state index is 5.87. The summed E-state index contributed by atoms with van der Waals surface area (Å²) in [5.41, 5.74) is 8.20. The summed E-state index contributed by atoms with van der Waals surface area (Å²) in [5.74, 6) is 0. The van der Waals surface area contributed by atoms with E-state index in [2.05, 4.69) is 34.0 Å². The molecule has 2 aromatic heterocycles. The van der Waals surface area contributed by atoms with Gasteiger partial charge in [0, 0.05) is 43.9 Å². The number of pyridine rings is 2. The SMILES string of the molecule is CN(Cc1cccnc1)C(CN)c1cccnc1. The molecule has 0 aliphatic carbocycles. The van der Waals surface area contributed by atoms with Gasteiger partial charge in [-0.3, -0.25) is 14.9 Å². The van der Waals surface area contributed by atoms with Crippen LogP contribution >= 0.6 is 0 Å². The Bertz CT molecular complexity index is 458. The van der Waals surface area contributed by atoms with E-state index in [1.54, 1.807) is 12.4 Å². The molecule has 2 heterocycles. The Morgan fingerprint density at radius 1 is 1.17 bits per heavy atom. The van der Waals surface area contributed by atoms with Gasteiger partial charge in [-0.1, -0.05) is 12.1 Å². The van der Waals surface area contributed by atoms with Crippen LogP contribution in [0.3, 0.4) is 0 Å². The number of nitrogens with zero attached hydrogens (tertiary/aromatic N) is 3. The van der Waals surface area contributed by atoms with Gasteiger partial charge in [0.05, 0.1) is 0 Å². The normalized spacial score (nSPS) is 12.6. The van der Waals surface area contributed by atoms with Gasteiger partial charge in [0.2, 0.25) is 0 Å². The Morgan fingerprint density at radius 2 is 1.89 bits per heavy atom. The van der Waals surface area contributed by atoms with Crippen molar-refractivity contribution in [1.29, 1.82) is 0 Å². The molecular formula is C14H18N4. The van der Waals surface area contributed by atoms with Crippen molar-refractivity contribution in [2.75, 3.05) is 13.6 Å². The first kappa shape index (κ1) is 12.7. The number of likely N-dealkylation sites (N-methyl/N-ethyl adjacent to an activating group) is 1. The van der Waals surface area contributed by atoms with Crippen molar-refractivity contribution < 1.29 is 0 Å². The summed E-state index contributed by atoms with van der Waals surface area (Å²) in [6, 6.07) is 8.20. The number of nitrogens with two attached hydrogens (primary N) is 1. The van der Waals surface area contributed by atoms with E-state index in [-0.39, 0.29) is 6.04 Å². The van der Waals surface area contributed by atoms with Crippen LogP contribution < -0.4 is 5.73 Å². The molecule has 1 unspecified atom stereocenters. The van der Waals surface area contributed by atoms with Crippen molar-refractivity contribution in [3.8, 4) is 0 Å². The highest BCUT2D eigenvalue weighted by molar-refractivity contribution is 5.15. The molecule has 0 saturated carbocycles. The maximum atomic E-state index is 5.87. The van der Waals surface area contributed by atoms with Crippen molar-refractivity contribution in [1.82, 2.24) is 14.9 Å². The lowest BCUT2D eigenvalue weighted by Crippen LogP contribution is -2.30. The van der Waals surface area contributed by atoms with E-state index in [4.69, 9.17) is 5.73 Å². The molecule has 0 bridgehead atoms. The molecule has 0 spiro atoms. The fraction of sp³-hybridized carbons (Fsp3) is 0.286. The molecule has 94 valence electrons. The summed E-state index contributed by atoms with van der Waals surface area (Å²) in [4.78, 5) is 10.5. The van der Waals surface area contributed by atoms with E-state index in [1.807, 2.05) is 24.5 Å². The molecule has 0 aromatic carbocycles. The number of hydrogen-bond donors (Lipinski definition) is 1. The highest BCUT2D eigenvalue weighted by atomic mass is 15.1. The van der Waals surface area contributed by atoms with E-state index in [0.717, 1.165) is 12.1 Å². The molecule has 18 heavy (non-hydrogen) atoms. The zero-order valence-electron chi connectivity index (χ0n) is 10.5. The molecule has 0 fully saturated rings. The second kappa shape index (κ2) is 6.23. The third kappa shape index (κ3) is 3.12. The molecule has 4 nitrogen and oxygen atoms in total. The average Bonchev–Trinajstić information content (AvgIpc) is 2.42. The van der Waals surface area contributed by atoms with Gasteiger partial charge in [-0.05, 0) is 30.3 Å².